The average Bonchev–Trinajstić information content (AvgIpc) is 3.01. The monoisotopic (exact) mass is 563 g/mol. The molecule has 0 fully saturated rings. The summed E-state index contributed by atoms with van der Waals surface area (Å²) in [4.78, 5) is 17.1. The van der Waals surface area contributed by atoms with Gasteiger partial charge < -0.3 is 31.6 Å². The van der Waals surface area contributed by atoms with E-state index >= 15 is 0 Å². The van der Waals surface area contributed by atoms with Crippen LogP contribution in [0, 0.1) is 12.3 Å². The number of aliphatic hydroxyl groups excluding tert-OH is 1. The van der Waals surface area contributed by atoms with Crippen molar-refractivity contribution in [3.8, 4) is 11.5 Å². The van der Waals surface area contributed by atoms with Crippen LogP contribution < -0.4 is 21.1 Å². The van der Waals surface area contributed by atoms with E-state index in [1.54, 1.807) is 12.1 Å². The molecule has 6 N–H and O–H groups in total. The van der Waals surface area contributed by atoms with Crippen molar-refractivity contribution in [2.24, 2.45) is 10.7 Å². The molecule has 1 amide bonds. The predicted octanol–water partition coefficient (Wildman–Crippen LogP) is 6.28. The van der Waals surface area contributed by atoms with E-state index in [0.29, 0.717) is 18.5 Å². The fraction of sp³-hybridized carbons (Fsp3) is 0.364. The summed E-state index contributed by atoms with van der Waals surface area (Å²) in [7, 11) is 1.96. The summed E-state index contributed by atoms with van der Waals surface area (Å²) in [5.41, 5.74) is 9.08. The van der Waals surface area contributed by atoms with Crippen LogP contribution >= 0.6 is 0 Å². The highest BCUT2D eigenvalue weighted by Crippen LogP contribution is 2.25. The van der Waals surface area contributed by atoms with Gasteiger partial charge in [-0.25, -0.2) is 0 Å². The van der Waals surface area contributed by atoms with Crippen LogP contribution in [0.3, 0.4) is 0 Å². The molecule has 0 heterocycles. The quantitative estimate of drug-likeness (QED) is 0.138. The Morgan fingerprint density at radius 3 is 2.17 bits per heavy atom. The summed E-state index contributed by atoms with van der Waals surface area (Å²) < 4.78 is 5.91. The Morgan fingerprint density at radius 2 is 1.61 bits per heavy atom. The van der Waals surface area contributed by atoms with Gasteiger partial charge in [-0.1, -0.05) is 50.2 Å². The fourth-order valence-corrected chi connectivity index (χ4v) is 3.16. The number of benzene rings is 3. The zero-order valence-corrected chi connectivity index (χ0v) is 25.4. The summed E-state index contributed by atoms with van der Waals surface area (Å²) in [5.74, 6) is 1.35. The number of hydrogen-bond donors (Lipinski definition) is 5. The normalized spacial score (nSPS) is 10.1. The number of ether oxygens (including phenoxy) is 1. The molecule has 0 atom stereocenters. The summed E-state index contributed by atoms with van der Waals surface area (Å²) in [6, 6.07) is 22.9. The number of nitrogens with two attached hydrogens (primary N) is 1. The molecule has 41 heavy (non-hydrogen) atoms. The second-order valence-corrected chi connectivity index (χ2v) is 8.87. The number of aliphatic hydroxyl groups is 1. The number of aliphatic imine (C=N–C) groups is 1. The Bertz CT molecular complexity index is 1130. The third kappa shape index (κ3) is 16.1. The van der Waals surface area contributed by atoms with Crippen LogP contribution in [0.25, 0.3) is 0 Å². The number of amides is 1. The molecule has 8 heteroatoms. The van der Waals surface area contributed by atoms with Crippen molar-refractivity contribution in [2.45, 2.75) is 47.0 Å². The van der Waals surface area contributed by atoms with Crippen LogP contribution in [0.1, 0.15) is 61.5 Å². The third-order valence-corrected chi connectivity index (χ3v) is 5.40. The average molecular weight is 564 g/mol. The molecule has 3 aromatic rings. The van der Waals surface area contributed by atoms with Gasteiger partial charge >= 0.3 is 0 Å². The molecule has 3 aromatic carbocycles. The standard InChI is InChI=1S/C25H26N2O3.C4H11N.C3H9N.CH3N/c1-18-12-13-21(25(29)26-14-7-15-28)17-24(18)27-19(2)20-8-6-11-23(16-20)30-22-9-4-3-5-10-22;1-3-4-5-2;1-2-3-4;1-2/h3-6,8-13,16-17,28H,7,14-15H2,1-2H3,(H,26,29);5H,3-4H2,1-2H3;2-4H2,1H3;2H,1H2. The minimum Gasteiger partial charge on any atom is -0.457 e. The summed E-state index contributed by atoms with van der Waals surface area (Å²) in [5, 5.41) is 20.2. The van der Waals surface area contributed by atoms with Crippen molar-refractivity contribution in [1.29, 1.82) is 5.41 Å². The molecular weight excluding hydrogens is 514 g/mol. The highest BCUT2D eigenvalue weighted by Gasteiger charge is 2.09. The molecule has 0 saturated heterocycles. The van der Waals surface area contributed by atoms with Gasteiger partial charge in [-0.2, -0.15) is 0 Å². The van der Waals surface area contributed by atoms with Crippen molar-refractivity contribution < 1.29 is 14.6 Å². The Kier molecular flexibility index (Phi) is 21.7. The maximum Gasteiger partial charge on any atom is 0.251 e. The minimum atomic E-state index is -0.171. The van der Waals surface area contributed by atoms with Gasteiger partial charge in [0.2, 0.25) is 0 Å². The SMILES string of the molecule is C=N.CC(=Nc1cc(C(=O)NCCCO)ccc1C)c1cccc(Oc2ccccc2)c1.CCCN.CCCNC. The molecule has 8 nitrogen and oxygen atoms in total. The van der Waals surface area contributed by atoms with Crippen LogP contribution in [-0.4, -0.2) is 56.7 Å². The Balaban J connectivity index is 0.00000125. The largest absolute Gasteiger partial charge is 0.457 e. The maximum absolute atomic E-state index is 12.3. The lowest BCUT2D eigenvalue weighted by atomic mass is 10.1. The number of carbonyl (C=O) groups is 1. The van der Waals surface area contributed by atoms with Gasteiger partial charge in [-0.3, -0.25) is 9.79 Å². The van der Waals surface area contributed by atoms with Crippen LogP contribution in [0.5, 0.6) is 11.5 Å². The Morgan fingerprint density at radius 1 is 0.951 bits per heavy atom. The van der Waals surface area contributed by atoms with Crippen molar-refractivity contribution in [2.75, 3.05) is 33.3 Å². The Hall–Kier alpha value is -3.85. The van der Waals surface area contributed by atoms with Gasteiger partial charge in [0.25, 0.3) is 5.91 Å². The molecule has 0 saturated carbocycles. The number of hydrogen-bond acceptors (Lipinski definition) is 7. The van der Waals surface area contributed by atoms with Crippen molar-refractivity contribution in [3.05, 3.63) is 89.5 Å². The molecule has 0 unspecified atom stereocenters. The van der Waals surface area contributed by atoms with Gasteiger partial charge in [-0.15, -0.1) is 0 Å². The van der Waals surface area contributed by atoms with Crippen molar-refractivity contribution in [3.63, 3.8) is 0 Å². The molecule has 224 valence electrons. The van der Waals surface area contributed by atoms with E-state index in [4.69, 9.17) is 26.0 Å². The van der Waals surface area contributed by atoms with Crippen molar-refractivity contribution >= 4 is 24.0 Å². The predicted molar refractivity (Wildman–Crippen MR) is 173 cm³/mol. The third-order valence-electron chi connectivity index (χ3n) is 5.40. The second-order valence-electron chi connectivity index (χ2n) is 8.87. The highest BCUT2D eigenvalue weighted by molar-refractivity contribution is 6.01. The van der Waals surface area contributed by atoms with Crippen LogP contribution in [-0.2, 0) is 0 Å². The van der Waals surface area contributed by atoms with Crippen LogP contribution in [0.15, 0.2) is 77.8 Å². The minimum absolute atomic E-state index is 0.0516. The maximum atomic E-state index is 12.3. The summed E-state index contributed by atoms with van der Waals surface area (Å²) in [6.45, 7) is 13.1. The number of para-hydroxylation sites is 1. The first-order valence-electron chi connectivity index (χ1n) is 14.0. The summed E-state index contributed by atoms with van der Waals surface area (Å²) >= 11 is 0. The van der Waals surface area contributed by atoms with E-state index in [2.05, 4.69) is 31.2 Å². The molecule has 3 rings (SSSR count). The lowest BCUT2D eigenvalue weighted by molar-refractivity contribution is 0.0951. The van der Waals surface area contributed by atoms with Gasteiger partial charge in [0, 0.05) is 24.4 Å². The topological polar surface area (TPSA) is 133 Å². The number of aryl methyl sites for hydroxylation is 1. The first kappa shape index (κ1) is 37.1. The Labute approximate surface area is 246 Å². The molecule has 0 radical (unpaired) electrons. The number of nitrogens with zero attached hydrogens (tertiary/aromatic N) is 1. The molecule has 0 aromatic heterocycles. The van der Waals surface area contributed by atoms with Crippen LogP contribution in [0.2, 0.25) is 0 Å². The zero-order chi connectivity index (χ0) is 30.9. The van der Waals surface area contributed by atoms with E-state index in [9.17, 15) is 4.79 Å². The van der Waals surface area contributed by atoms with E-state index in [0.717, 1.165) is 53.5 Å². The highest BCUT2D eigenvalue weighted by atomic mass is 16.5. The number of nitrogens with one attached hydrogen (secondary N) is 3. The smallest absolute Gasteiger partial charge is 0.251 e. The van der Waals surface area contributed by atoms with Gasteiger partial charge in [0.15, 0.2) is 0 Å². The lowest BCUT2D eigenvalue weighted by Gasteiger charge is -2.09. The van der Waals surface area contributed by atoms with Gasteiger partial charge in [0.05, 0.1) is 5.69 Å². The van der Waals surface area contributed by atoms with Gasteiger partial charge in [0.1, 0.15) is 11.5 Å². The molecule has 0 aliphatic heterocycles. The molecule has 0 aliphatic carbocycles. The first-order chi connectivity index (χ1) is 19.9. The van der Waals surface area contributed by atoms with E-state index in [1.165, 1.54) is 6.42 Å². The van der Waals surface area contributed by atoms with E-state index < -0.39 is 0 Å². The second kappa shape index (κ2) is 24.0. The first-order valence-corrected chi connectivity index (χ1v) is 14.0. The van der Waals surface area contributed by atoms with E-state index in [-0.39, 0.29) is 12.5 Å². The fourth-order valence-electron chi connectivity index (χ4n) is 3.16. The van der Waals surface area contributed by atoms with Crippen molar-refractivity contribution in [1.82, 2.24) is 10.6 Å². The number of carbonyl (C=O) groups excluding carboxylic acids is 1. The summed E-state index contributed by atoms with van der Waals surface area (Å²) in [6.07, 6.45) is 2.86. The number of rotatable bonds is 11. The molecular formula is C33H49N5O3. The van der Waals surface area contributed by atoms with Gasteiger partial charge in [-0.05, 0) is 107 Å². The molecule has 0 spiro atoms. The zero-order valence-electron chi connectivity index (χ0n) is 25.4. The van der Waals surface area contributed by atoms with Crippen LogP contribution in [0.4, 0.5) is 5.69 Å². The lowest BCUT2D eigenvalue weighted by Crippen LogP contribution is -2.24. The molecule has 0 aliphatic rings. The molecule has 0 bridgehead atoms. The van der Waals surface area contributed by atoms with E-state index in [1.807, 2.05) is 81.6 Å².